The van der Waals surface area contributed by atoms with Gasteiger partial charge >= 0.3 is 5.97 Å². The van der Waals surface area contributed by atoms with Crippen LogP contribution in [-0.4, -0.2) is 11.8 Å². The Morgan fingerprint density at radius 1 is 0.750 bits per heavy atom. The summed E-state index contributed by atoms with van der Waals surface area (Å²) in [6, 6.07) is 22.0. The monoisotopic (exact) mass is 336 g/mol. The Bertz CT molecular complexity index is 874. The van der Waals surface area contributed by atoms with E-state index in [2.05, 4.69) is 0 Å². The fourth-order valence-corrected chi connectivity index (χ4v) is 2.41. The van der Waals surface area contributed by atoms with E-state index < -0.39 is 5.97 Å². The number of benzene rings is 3. The molecule has 0 unspecified atom stereocenters. The van der Waals surface area contributed by atoms with E-state index in [9.17, 15) is 9.59 Å². The molecule has 0 aliphatic rings. The molecule has 0 spiro atoms. The van der Waals surface area contributed by atoms with Crippen LogP contribution in [0.1, 0.15) is 26.3 Å². The van der Waals surface area contributed by atoms with E-state index in [0.29, 0.717) is 16.1 Å². The fourth-order valence-electron chi connectivity index (χ4n) is 2.25. The Morgan fingerprint density at radius 3 is 1.96 bits per heavy atom. The van der Waals surface area contributed by atoms with Crippen molar-refractivity contribution in [3.8, 4) is 5.75 Å². The first-order valence-corrected chi connectivity index (χ1v) is 7.69. The lowest BCUT2D eigenvalue weighted by Gasteiger charge is -2.10. The molecule has 118 valence electrons. The zero-order valence-corrected chi connectivity index (χ0v) is 13.4. The number of carbonyl (C=O) groups excluding carboxylic acids is 2. The van der Waals surface area contributed by atoms with E-state index in [1.54, 1.807) is 66.7 Å². The molecule has 3 aromatic rings. The molecule has 3 nitrogen and oxygen atoms in total. The lowest BCUT2D eigenvalue weighted by atomic mass is 10.0. The highest BCUT2D eigenvalue weighted by atomic mass is 35.5. The highest BCUT2D eigenvalue weighted by Gasteiger charge is 2.18. The predicted molar refractivity (Wildman–Crippen MR) is 92.7 cm³/mol. The van der Waals surface area contributed by atoms with E-state index in [-0.39, 0.29) is 17.1 Å². The van der Waals surface area contributed by atoms with Crippen molar-refractivity contribution < 1.29 is 14.3 Å². The van der Waals surface area contributed by atoms with Crippen LogP contribution in [0, 0.1) is 0 Å². The summed E-state index contributed by atoms with van der Waals surface area (Å²) in [5.74, 6) is -0.631. The average Bonchev–Trinajstić information content (AvgIpc) is 2.63. The molecule has 0 aliphatic carbocycles. The van der Waals surface area contributed by atoms with Gasteiger partial charge in [0, 0.05) is 16.7 Å². The highest BCUT2D eigenvalue weighted by molar-refractivity contribution is 6.31. The van der Waals surface area contributed by atoms with Crippen LogP contribution >= 0.6 is 11.6 Å². The summed E-state index contributed by atoms with van der Waals surface area (Å²) in [7, 11) is 0. The van der Waals surface area contributed by atoms with Gasteiger partial charge in [-0.3, -0.25) is 4.79 Å². The van der Waals surface area contributed by atoms with Crippen molar-refractivity contribution in [1.29, 1.82) is 0 Å². The van der Waals surface area contributed by atoms with Crippen molar-refractivity contribution in [2.24, 2.45) is 0 Å². The van der Waals surface area contributed by atoms with Gasteiger partial charge in [-0.2, -0.15) is 0 Å². The SMILES string of the molecule is O=C(Oc1cc(Cl)ccc1C(=O)c1ccccc1)c1ccccc1. The van der Waals surface area contributed by atoms with E-state index in [1.165, 1.54) is 6.07 Å². The van der Waals surface area contributed by atoms with Crippen LogP contribution in [0.4, 0.5) is 0 Å². The number of carbonyl (C=O) groups is 2. The van der Waals surface area contributed by atoms with Crippen LogP contribution in [0.5, 0.6) is 5.75 Å². The molecular weight excluding hydrogens is 324 g/mol. The van der Waals surface area contributed by atoms with Gasteiger partial charge in [0.05, 0.1) is 11.1 Å². The van der Waals surface area contributed by atoms with E-state index in [4.69, 9.17) is 16.3 Å². The molecule has 0 N–H and O–H groups in total. The van der Waals surface area contributed by atoms with Crippen molar-refractivity contribution in [1.82, 2.24) is 0 Å². The first-order chi connectivity index (χ1) is 11.6. The third-order valence-electron chi connectivity index (χ3n) is 3.44. The molecule has 0 radical (unpaired) electrons. The van der Waals surface area contributed by atoms with Crippen LogP contribution in [0.3, 0.4) is 0 Å². The van der Waals surface area contributed by atoms with E-state index in [0.717, 1.165) is 0 Å². The van der Waals surface area contributed by atoms with Crippen molar-refractivity contribution in [2.75, 3.05) is 0 Å². The van der Waals surface area contributed by atoms with Gasteiger partial charge in [0.2, 0.25) is 0 Å². The Balaban J connectivity index is 1.95. The fraction of sp³-hybridized carbons (Fsp3) is 0. The van der Waals surface area contributed by atoms with Crippen molar-refractivity contribution in [3.05, 3.63) is 101 Å². The second kappa shape index (κ2) is 7.11. The second-order valence-corrected chi connectivity index (χ2v) is 5.53. The number of hydrogen-bond donors (Lipinski definition) is 0. The van der Waals surface area contributed by atoms with Crippen molar-refractivity contribution >= 4 is 23.4 Å². The Kier molecular flexibility index (Phi) is 4.73. The molecule has 0 aromatic heterocycles. The molecule has 0 heterocycles. The van der Waals surface area contributed by atoms with Gasteiger partial charge in [-0.1, -0.05) is 60.1 Å². The number of halogens is 1. The lowest BCUT2D eigenvalue weighted by molar-refractivity contribution is 0.0733. The summed E-state index contributed by atoms with van der Waals surface area (Å²) in [5, 5.41) is 0.385. The van der Waals surface area contributed by atoms with Crippen LogP contribution in [0.25, 0.3) is 0 Å². The molecule has 0 fully saturated rings. The summed E-state index contributed by atoms with van der Waals surface area (Å²) < 4.78 is 5.41. The number of ketones is 1. The molecule has 0 saturated heterocycles. The van der Waals surface area contributed by atoms with E-state index in [1.807, 2.05) is 6.07 Å². The zero-order valence-electron chi connectivity index (χ0n) is 12.6. The summed E-state index contributed by atoms with van der Waals surface area (Å²) in [4.78, 5) is 24.9. The van der Waals surface area contributed by atoms with Crippen LogP contribution in [-0.2, 0) is 0 Å². The van der Waals surface area contributed by atoms with Crippen LogP contribution < -0.4 is 4.74 Å². The summed E-state index contributed by atoms with van der Waals surface area (Å²) in [5.41, 5.74) is 1.20. The molecule has 0 bridgehead atoms. The Morgan fingerprint density at radius 2 is 1.33 bits per heavy atom. The maximum absolute atomic E-state index is 12.7. The molecule has 0 atom stereocenters. The smallest absolute Gasteiger partial charge is 0.343 e. The highest BCUT2D eigenvalue weighted by Crippen LogP contribution is 2.26. The average molecular weight is 337 g/mol. The van der Waals surface area contributed by atoms with Gasteiger partial charge in [-0.05, 0) is 24.3 Å². The summed E-state index contributed by atoms with van der Waals surface area (Å²) >= 11 is 5.99. The molecular formula is C20H13ClO3. The van der Waals surface area contributed by atoms with Crippen LogP contribution in [0.2, 0.25) is 5.02 Å². The molecule has 3 aromatic carbocycles. The molecule has 4 heteroatoms. The zero-order chi connectivity index (χ0) is 16.9. The largest absolute Gasteiger partial charge is 0.422 e. The van der Waals surface area contributed by atoms with Gasteiger partial charge in [-0.25, -0.2) is 4.79 Å². The maximum Gasteiger partial charge on any atom is 0.343 e. The summed E-state index contributed by atoms with van der Waals surface area (Å²) in [6.45, 7) is 0. The van der Waals surface area contributed by atoms with E-state index >= 15 is 0 Å². The van der Waals surface area contributed by atoms with Gasteiger partial charge in [0.25, 0.3) is 0 Å². The van der Waals surface area contributed by atoms with Crippen LogP contribution in [0.15, 0.2) is 78.9 Å². The molecule has 24 heavy (non-hydrogen) atoms. The lowest BCUT2D eigenvalue weighted by Crippen LogP contribution is -2.12. The minimum absolute atomic E-state index is 0.144. The summed E-state index contributed by atoms with van der Waals surface area (Å²) in [6.07, 6.45) is 0. The molecule has 0 saturated carbocycles. The first-order valence-electron chi connectivity index (χ1n) is 7.31. The van der Waals surface area contributed by atoms with Gasteiger partial charge < -0.3 is 4.74 Å². The predicted octanol–water partition coefficient (Wildman–Crippen LogP) is 4.79. The van der Waals surface area contributed by atoms with Gasteiger partial charge in [0.15, 0.2) is 5.78 Å². The molecule has 3 rings (SSSR count). The van der Waals surface area contributed by atoms with Crippen molar-refractivity contribution in [2.45, 2.75) is 0 Å². The standard InChI is InChI=1S/C20H13ClO3/c21-16-11-12-17(19(22)14-7-3-1-4-8-14)18(13-16)24-20(23)15-9-5-2-6-10-15/h1-13H. The Labute approximate surface area is 144 Å². The second-order valence-electron chi connectivity index (χ2n) is 5.09. The third-order valence-corrected chi connectivity index (χ3v) is 3.67. The minimum Gasteiger partial charge on any atom is -0.422 e. The number of rotatable bonds is 4. The molecule has 0 amide bonds. The number of ether oxygens (including phenoxy) is 1. The normalized spacial score (nSPS) is 10.2. The van der Waals surface area contributed by atoms with Gasteiger partial charge in [-0.15, -0.1) is 0 Å². The maximum atomic E-state index is 12.7. The Hall–Kier alpha value is -2.91. The number of hydrogen-bond acceptors (Lipinski definition) is 3. The first kappa shape index (κ1) is 16.0. The third kappa shape index (κ3) is 3.53. The van der Waals surface area contributed by atoms with Crippen molar-refractivity contribution in [3.63, 3.8) is 0 Å². The quantitative estimate of drug-likeness (QED) is 0.391. The topological polar surface area (TPSA) is 43.4 Å². The van der Waals surface area contributed by atoms with Gasteiger partial charge in [0.1, 0.15) is 5.75 Å². The number of esters is 1. The minimum atomic E-state index is -0.542. The molecule has 0 aliphatic heterocycles.